The van der Waals surface area contributed by atoms with Crippen LogP contribution >= 0.6 is 0 Å². The zero-order chi connectivity index (χ0) is 14.1. The molecule has 6 nitrogen and oxygen atoms in total. The predicted octanol–water partition coefficient (Wildman–Crippen LogP) is 0.120. The van der Waals surface area contributed by atoms with Crippen LogP contribution in [-0.4, -0.2) is 47.0 Å². The second kappa shape index (κ2) is 8.23. The fraction of sp³-hybridized carbons (Fsp3) is 0.500. The fourth-order valence-electron chi connectivity index (χ4n) is 1.39. The van der Waals surface area contributed by atoms with Crippen molar-refractivity contribution < 1.29 is 23.0 Å². The van der Waals surface area contributed by atoms with Crippen LogP contribution in [-0.2, 0) is 26.1 Å². The highest BCUT2D eigenvalue weighted by atomic mass is 32.2. The summed E-state index contributed by atoms with van der Waals surface area (Å²) in [4.78, 5) is 0.135. The number of methoxy groups -OCH3 is 1. The van der Waals surface area contributed by atoms with Crippen molar-refractivity contribution in [1.82, 2.24) is 4.72 Å². The summed E-state index contributed by atoms with van der Waals surface area (Å²) >= 11 is 0. The van der Waals surface area contributed by atoms with Crippen LogP contribution in [0.2, 0.25) is 0 Å². The third-order valence-electron chi connectivity index (χ3n) is 2.36. The van der Waals surface area contributed by atoms with Crippen LogP contribution in [0.15, 0.2) is 29.2 Å². The highest BCUT2D eigenvalue weighted by Crippen LogP contribution is 2.11. The summed E-state index contributed by atoms with van der Waals surface area (Å²) in [6.45, 7) is 1.19. The zero-order valence-corrected chi connectivity index (χ0v) is 11.6. The topological polar surface area (TPSA) is 84.9 Å². The first-order valence-corrected chi connectivity index (χ1v) is 7.34. The molecule has 0 amide bonds. The molecule has 7 heteroatoms. The minimum absolute atomic E-state index is 0.135. The lowest BCUT2D eigenvalue weighted by Crippen LogP contribution is -2.27. The fourth-order valence-corrected chi connectivity index (χ4v) is 2.47. The van der Waals surface area contributed by atoms with Gasteiger partial charge in [0.05, 0.1) is 31.3 Å². The molecule has 0 fully saturated rings. The Hall–Kier alpha value is -0.990. The van der Waals surface area contributed by atoms with E-state index in [0.29, 0.717) is 18.8 Å². The average molecular weight is 289 g/mol. The summed E-state index contributed by atoms with van der Waals surface area (Å²) in [5, 5.41) is 8.98. The second-order valence-electron chi connectivity index (χ2n) is 3.81. The van der Waals surface area contributed by atoms with Gasteiger partial charge in [0.2, 0.25) is 10.0 Å². The molecule has 0 aliphatic heterocycles. The third kappa shape index (κ3) is 5.66. The number of aliphatic hydroxyl groups is 1. The molecule has 1 rings (SSSR count). The van der Waals surface area contributed by atoms with E-state index < -0.39 is 10.0 Å². The van der Waals surface area contributed by atoms with Gasteiger partial charge in [0, 0.05) is 13.7 Å². The quantitative estimate of drug-likeness (QED) is 0.631. The number of ether oxygens (including phenoxy) is 2. The largest absolute Gasteiger partial charge is 0.392 e. The minimum Gasteiger partial charge on any atom is -0.392 e. The maximum absolute atomic E-state index is 11.9. The molecule has 0 bridgehead atoms. The van der Waals surface area contributed by atoms with Crippen molar-refractivity contribution in [2.75, 3.05) is 33.5 Å². The molecule has 2 N–H and O–H groups in total. The van der Waals surface area contributed by atoms with Gasteiger partial charge in [0.1, 0.15) is 0 Å². The van der Waals surface area contributed by atoms with Gasteiger partial charge >= 0.3 is 0 Å². The number of aliphatic hydroxyl groups excluding tert-OH is 1. The van der Waals surface area contributed by atoms with E-state index in [1.807, 2.05) is 0 Å². The molecular formula is C12H19NO5S. The molecule has 0 aromatic heterocycles. The van der Waals surface area contributed by atoms with Crippen molar-refractivity contribution in [3.63, 3.8) is 0 Å². The predicted molar refractivity (Wildman–Crippen MR) is 70.2 cm³/mol. The van der Waals surface area contributed by atoms with Crippen LogP contribution in [0.25, 0.3) is 0 Å². The number of hydrogen-bond donors (Lipinski definition) is 2. The number of benzene rings is 1. The van der Waals surface area contributed by atoms with Crippen LogP contribution in [0, 0.1) is 0 Å². The van der Waals surface area contributed by atoms with E-state index in [1.54, 1.807) is 19.2 Å². The number of nitrogens with one attached hydrogen (secondary N) is 1. The molecule has 0 unspecified atom stereocenters. The second-order valence-corrected chi connectivity index (χ2v) is 5.58. The van der Waals surface area contributed by atoms with Gasteiger partial charge in [-0.25, -0.2) is 13.1 Å². The SMILES string of the molecule is COCCOCCNS(=O)(=O)c1cccc(CO)c1. The van der Waals surface area contributed by atoms with Crippen molar-refractivity contribution >= 4 is 10.0 Å². The van der Waals surface area contributed by atoms with Crippen molar-refractivity contribution in [2.45, 2.75) is 11.5 Å². The molecule has 0 spiro atoms. The molecule has 0 radical (unpaired) electrons. The van der Waals surface area contributed by atoms with Crippen LogP contribution in [0.1, 0.15) is 5.56 Å². The van der Waals surface area contributed by atoms with Gasteiger partial charge in [-0.05, 0) is 17.7 Å². The summed E-state index contributed by atoms with van der Waals surface area (Å²) in [7, 11) is -1.99. The maximum atomic E-state index is 11.9. The van der Waals surface area contributed by atoms with Gasteiger partial charge in [0.15, 0.2) is 0 Å². The van der Waals surface area contributed by atoms with Gasteiger partial charge in [-0.3, -0.25) is 0 Å². The molecule has 19 heavy (non-hydrogen) atoms. The van der Waals surface area contributed by atoms with Gasteiger partial charge in [-0.2, -0.15) is 0 Å². The number of hydrogen-bond acceptors (Lipinski definition) is 5. The van der Waals surface area contributed by atoms with Crippen molar-refractivity contribution in [3.8, 4) is 0 Å². The molecule has 108 valence electrons. The highest BCUT2D eigenvalue weighted by molar-refractivity contribution is 7.89. The first-order valence-electron chi connectivity index (χ1n) is 5.86. The van der Waals surface area contributed by atoms with E-state index in [1.165, 1.54) is 12.1 Å². The lowest BCUT2D eigenvalue weighted by atomic mass is 10.2. The Labute approximate surface area is 113 Å². The first-order chi connectivity index (χ1) is 9.10. The highest BCUT2D eigenvalue weighted by Gasteiger charge is 2.13. The normalized spacial score (nSPS) is 11.7. The van der Waals surface area contributed by atoms with Gasteiger partial charge in [0.25, 0.3) is 0 Å². The third-order valence-corrected chi connectivity index (χ3v) is 3.82. The summed E-state index contributed by atoms with van der Waals surface area (Å²) in [6, 6.07) is 6.17. The van der Waals surface area contributed by atoms with E-state index >= 15 is 0 Å². The molecule has 0 aliphatic carbocycles. The smallest absolute Gasteiger partial charge is 0.240 e. The van der Waals surface area contributed by atoms with Gasteiger partial charge in [-0.1, -0.05) is 12.1 Å². The van der Waals surface area contributed by atoms with Crippen molar-refractivity contribution in [3.05, 3.63) is 29.8 Å². The van der Waals surface area contributed by atoms with Crippen molar-refractivity contribution in [2.24, 2.45) is 0 Å². The van der Waals surface area contributed by atoms with E-state index in [9.17, 15) is 8.42 Å². The van der Waals surface area contributed by atoms with E-state index in [0.717, 1.165) is 0 Å². The molecule has 0 saturated heterocycles. The Morgan fingerprint density at radius 3 is 2.74 bits per heavy atom. The summed E-state index contributed by atoms with van der Waals surface area (Å²) in [5.41, 5.74) is 0.555. The summed E-state index contributed by atoms with van der Waals surface area (Å²) < 4.78 is 36.2. The lowest BCUT2D eigenvalue weighted by molar-refractivity contribution is 0.0736. The monoisotopic (exact) mass is 289 g/mol. The molecular weight excluding hydrogens is 270 g/mol. The molecule has 0 aliphatic rings. The van der Waals surface area contributed by atoms with E-state index in [4.69, 9.17) is 14.6 Å². The average Bonchev–Trinajstić information content (AvgIpc) is 2.43. The number of sulfonamides is 1. The van der Waals surface area contributed by atoms with Crippen LogP contribution in [0.3, 0.4) is 0 Å². The van der Waals surface area contributed by atoms with Gasteiger partial charge < -0.3 is 14.6 Å². The Bertz CT molecular complexity index is 475. The van der Waals surface area contributed by atoms with Gasteiger partial charge in [-0.15, -0.1) is 0 Å². The van der Waals surface area contributed by atoms with E-state index in [-0.39, 0.29) is 24.7 Å². The maximum Gasteiger partial charge on any atom is 0.240 e. The minimum atomic E-state index is -3.56. The van der Waals surface area contributed by atoms with Crippen LogP contribution in [0.5, 0.6) is 0 Å². The standard InChI is InChI=1S/C12H19NO5S/c1-17-7-8-18-6-5-13-19(15,16)12-4-2-3-11(9-12)10-14/h2-4,9,13-14H,5-8,10H2,1H3. The molecule has 0 heterocycles. The van der Waals surface area contributed by atoms with E-state index in [2.05, 4.69) is 4.72 Å². The van der Waals surface area contributed by atoms with Crippen molar-refractivity contribution in [1.29, 1.82) is 0 Å². The summed E-state index contributed by atoms with van der Waals surface area (Å²) in [6.07, 6.45) is 0. The van der Waals surface area contributed by atoms with Crippen LogP contribution in [0.4, 0.5) is 0 Å². The number of rotatable bonds is 9. The lowest BCUT2D eigenvalue weighted by Gasteiger charge is -2.08. The molecule has 0 saturated carbocycles. The zero-order valence-electron chi connectivity index (χ0n) is 10.8. The Kier molecular flexibility index (Phi) is 6.96. The molecule has 0 atom stereocenters. The Morgan fingerprint density at radius 1 is 1.26 bits per heavy atom. The Balaban J connectivity index is 2.46. The van der Waals surface area contributed by atoms with Crippen LogP contribution < -0.4 is 4.72 Å². The first kappa shape index (κ1) is 16.1. The molecule has 1 aromatic carbocycles. The Morgan fingerprint density at radius 2 is 2.05 bits per heavy atom. The molecule has 1 aromatic rings. The summed E-state index contributed by atoms with van der Waals surface area (Å²) in [5.74, 6) is 0.